The molecule has 1 heterocycles. The molecule has 27 heavy (non-hydrogen) atoms. The maximum absolute atomic E-state index is 11.8. The van der Waals surface area contributed by atoms with Crippen molar-refractivity contribution in [2.45, 2.75) is 12.6 Å². The predicted molar refractivity (Wildman–Crippen MR) is 118 cm³/mol. The number of hydrogen-bond acceptors (Lipinski definition) is 3. The van der Waals surface area contributed by atoms with Crippen molar-refractivity contribution in [3.63, 3.8) is 0 Å². The second-order valence-corrected chi connectivity index (χ2v) is 8.73. The Morgan fingerprint density at radius 1 is 0.778 bits per heavy atom. The minimum atomic E-state index is -1.10. The second kappa shape index (κ2) is 7.30. The molecule has 1 atom stereocenters. The number of β-amino-alcohol motifs (C(OH)–C–C–N with tert-alkyl or cyclic N) is 1. The lowest BCUT2D eigenvalue weighted by atomic mass is 10.00. The van der Waals surface area contributed by atoms with Crippen LogP contribution in [0.4, 0.5) is 11.4 Å². The Morgan fingerprint density at radius 3 is 1.85 bits per heavy atom. The highest BCUT2D eigenvalue weighted by atomic mass is 79.9. The van der Waals surface area contributed by atoms with Gasteiger partial charge < -0.3 is 14.9 Å². The first kappa shape index (κ1) is 18.5. The van der Waals surface area contributed by atoms with Crippen LogP contribution in [0.25, 0.3) is 0 Å². The molecule has 138 valence electrons. The molecular weight excluding hydrogens is 468 g/mol. The Labute approximate surface area is 176 Å². The fourth-order valence-electron chi connectivity index (χ4n) is 3.50. The van der Waals surface area contributed by atoms with Gasteiger partial charge in [-0.1, -0.05) is 61.7 Å². The Balaban J connectivity index is 1.76. The fourth-order valence-corrected chi connectivity index (χ4v) is 4.03. The summed E-state index contributed by atoms with van der Waals surface area (Å²) >= 11 is 6.99. The minimum Gasteiger partial charge on any atom is -0.365 e. The smallest absolute Gasteiger partial charge is 0.183 e. The average Bonchev–Trinajstić information content (AvgIpc) is 3.02. The summed E-state index contributed by atoms with van der Waals surface area (Å²) in [5.74, 6) is 0. The van der Waals surface area contributed by atoms with Gasteiger partial charge in [0.25, 0.3) is 0 Å². The highest BCUT2D eigenvalue weighted by Gasteiger charge is 2.45. The van der Waals surface area contributed by atoms with E-state index in [0.29, 0.717) is 13.2 Å². The number of nitrogens with zero attached hydrogens (tertiary/aromatic N) is 2. The van der Waals surface area contributed by atoms with Crippen LogP contribution in [0.3, 0.4) is 0 Å². The van der Waals surface area contributed by atoms with E-state index >= 15 is 0 Å². The van der Waals surface area contributed by atoms with Crippen molar-refractivity contribution < 1.29 is 5.11 Å². The monoisotopic (exact) mass is 486 g/mol. The summed E-state index contributed by atoms with van der Waals surface area (Å²) in [4.78, 5) is 4.26. The summed E-state index contributed by atoms with van der Waals surface area (Å²) in [6, 6.07) is 24.4. The molecule has 1 unspecified atom stereocenters. The Bertz CT molecular complexity index is 926. The Kier molecular flexibility index (Phi) is 5.01. The van der Waals surface area contributed by atoms with Crippen LogP contribution < -0.4 is 9.80 Å². The molecule has 1 N–H and O–H groups in total. The lowest BCUT2D eigenvalue weighted by Crippen LogP contribution is -2.43. The molecule has 3 nitrogen and oxygen atoms in total. The van der Waals surface area contributed by atoms with Crippen molar-refractivity contribution in [3.05, 3.63) is 92.9 Å². The molecule has 1 aliphatic rings. The maximum atomic E-state index is 11.8. The summed E-state index contributed by atoms with van der Waals surface area (Å²) in [6.45, 7) is 3.16. The number of aliphatic hydroxyl groups is 1. The van der Waals surface area contributed by atoms with Gasteiger partial charge in [0.15, 0.2) is 5.72 Å². The average molecular weight is 488 g/mol. The highest BCUT2D eigenvalue weighted by Crippen LogP contribution is 2.39. The number of aryl methyl sites for hydroxylation is 1. The molecule has 0 aliphatic carbocycles. The Morgan fingerprint density at radius 2 is 1.30 bits per heavy atom. The molecule has 3 aromatic rings. The summed E-state index contributed by atoms with van der Waals surface area (Å²) in [7, 11) is 0. The van der Waals surface area contributed by atoms with Crippen LogP contribution in [0.15, 0.2) is 81.7 Å². The third-order valence-electron chi connectivity index (χ3n) is 5.01. The molecule has 1 aliphatic heterocycles. The standard InChI is InChI=1S/C22H20Br2N2O/c1-16-2-4-17(5-3-16)22(27)14-25(20-10-6-18(23)7-11-20)15-26(22)21-12-8-19(24)9-13-21/h2-13,27H,14-15H2,1H3. The van der Waals surface area contributed by atoms with E-state index in [1.54, 1.807) is 0 Å². The first-order chi connectivity index (χ1) is 13.0. The van der Waals surface area contributed by atoms with Gasteiger partial charge in [-0.25, -0.2) is 0 Å². The summed E-state index contributed by atoms with van der Waals surface area (Å²) in [6.07, 6.45) is 0. The molecule has 0 spiro atoms. The molecule has 0 saturated carbocycles. The third-order valence-corrected chi connectivity index (χ3v) is 6.07. The first-order valence-electron chi connectivity index (χ1n) is 8.79. The number of rotatable bonds is 3. The van der Waals surface area contributed by atoms with Crippen molar-refractivity contribution in [2.24, 2.45) is 0 Å². The lowest BCUT2D eigenvalue weighted by Gasteiger charge is -2.34. The van der Waals surface area contributed by atoms with E-state index in [1.165, 1.54) is 5.56 Å². The largest absolute Gasteiger partial charge is 0.365 e. The predicted octanol–water partition coefficient (Wildman–Crippen LogP) is 5.65. The van der Waals surface area contributed by atoms with Gasteiger partial charge in [-0.05, 0) is 55.5 Å². The molecule has 4 rings (SSSR count). The van der Waals surface area contributed by atoms with Crippen molar-refractivity contribution in [1.29, 1.82) is 0 Å². The third kappa shape index (κ3) is 3.64. The van der Waals surface area contributed by atoms with E-state index in [4.69, 9.17) is 0 Å². The van der Waals surface area contributed by atoms with Crippen molar-refractivity contribution >= 4 is 43.2 Å². The summed E-state index contributed by atoms with van der Waals surface area (Å²) in [5, 5.41) is 11.8. The van der Waals surface area contributed by atoms with Gasteiger partial charge >= 0.3 is 0 Å². The molecule has 0 aromatic heterocycles. The maximum Gasteiger partial charge on any atom is 0.183 e. The van der Waals surface area contributed by atoms with Crippen LogP contribution >= 0.6 is 31.9 Å². The van der Waals surface area contributed by atoms with Crippen LogP contribution in [0.1, 0.15) is 11.1 Å². The zero-order valence-corrected chi connectivity index (χ0v) is 18.1. The number of benzene rings is 3. The summed E-state index contributed by atoms with van der Waals surface area (Å²) < 4.78 is 2.07. The molecule has 0 bridgehead atoms. The zero-order chi connectivity index (χ0) is 19.0. The number of hydrogen-bond donors (Lipinski definition) is 1. The minimum absolute atomic E-state index is 0.494. The fraction of sp³-hybridized carbons (Fsp3) is 0.182. The van der Waals surface area contributed by atoms with E-state index in [-0.39, 0.29) is 0 Å². The highest BCUT2D eigenvalue weighted by molar-refractivity contribution is 9.10. The molecule has 1 saturated heterocycles. The normalized spacial score (nSPS) is 19.6. The van der Waals surface area contributed by atoms with Crippen molar-refractivity contribution in [2.75, 3.05) is 23.0 Å². The van der Waals surface area contributed by atoms with E-state index in [0.717, 1.165) is 25.9 Å². The van der Waals surface area contributed by atoms with Gasteiger partial charge in [0.2, 0.25) is 0 Å². The van der Waals surface area contributed by atoms with Crippen molar-refractivity contribution in [1.82, 2.24) is 0 Å². The van der Waals surface area contributed by atoms with E-state index in [9.17, 15) is 5.11 Å². The van der Waals surface area contributed by atoms with Crippen LogP contribution in [0.2, 0.25) is 0 Å². The van der Waals surface area contributed by atoms with Gasteiger partial charge in [0.1, 0.15) is 0 Å². The zero-order valence-electron chi connectivity index (χ0n) is 14.9. The molecule has 3 aromatic carbocycles. The quantitative estimate of drug-likeness (QED) is 0.517. The van der Waals surface area contributed by atoms with Gasteiger partial charge in [-0.3, -0.25) is 0 Å². The molecule has 5 heteroatoms. The van der Waals surface area contributed by atoms with Crippen LogP contribution in [0, 0.1) is 6.92 Å². The van der Waals surface area contributed by atoms with Gasteiger partial charge in [0.05, 0.1) is 13.2 Å². The Hall–Kier alpha value is -1.82. The first-order valence-corrected chi connectivity index (χ1v) is 10.4. The molecular formula is C22H20Br2N2O. The number of anilines is 2. The van der Waals surface area contributed by atoms with Crippen molar-refractivity contribution in [3.8, 4) is 0 Å². The summed E-state index contributed by atoms with van der Waals surface area (Å²) in [5.41, 5.74) is 3.05. The topological polar surface area (TPSA) is 26.7 Å². The van der Waals surface area contributed by atoms with E-state index in [2.05, 4.69) is 72.8 Å². The van der Waals surface area contributed by atoms with Gasteiger partial charge in [0, 0.05) is 25.9 Å². The molecule has 0 amide bonds. The van der Waals surface area contributed by atoms with Crippen LogP contribution in [0.5, 0.6) is 0 Å². The lowest BCUT2D eigenvalue weighted by molar-refractivity contribution is 0.0629. The van der Waals surface area contributed by atoms with Gasteiger partial charge in [-0.2, -0.15) is 0 Å². The molecule has 1 fully saturated rings. The van der Waals surface area contributed by atoms with E-state index in [1.807, 2.05) is 48.5 Å². The second-order valence-electron chi connectivity index (χ2n) is 6.90. The van der Waals surface area contributed by atoms with Crippen LogP contribution in [-0.4, -0.2) is 18.3 Å². The molecule has 0 radical (unpaired) electrons. The van der Waals surface area contributed by atoms with E-state index < -0.39 is 5.72 Å². The SMILES string of the molecule is Cc1ccc(C2(O)CN(c3ccc(Br)cc3)CN2c2ccc(Br)cc2)cc1. The number of halogens is 2. The van der Waals surface area contributed by atoms with Gasteiger partial charge in [-0.15, -0.1) is 0 Å². The van der Waals surface area contributed by atoms with Crippen LogP contribution in [-0.2, 0) is 5.72 Å².